The summed E-state index contributed by atoms with van der Waals surface area (Å²) in [6.07, 6.45) is 0. The van der Waals surface area contributed by atoms with E-state index in [0.717, 1.165) is 10.7 Å². The zero-order valence-electron chi connectivity index (χ0n) is 11.0. The fourth-order valence-electron chi connectivity index (χ4n) is 2.07. The molecule has 2 rings (SSSR count). The smallest absolute Gasteiger partial charge is 0.0900 e. The number of hydrogen-bond donors (Lipinski definition) is 1. The Labute approximate surface area is 106 Å². The number of hydrogen-bond acceptors (Lipinski definition) is 3. The second-order valence-electron chi connectivity index (χ2n) is 4.48. The van der Waals surface area contributed by atoms with Crippen LogP contribution in [0.4, 0.5) is 0 Å². The van der Waals surface area contributed by atoms with Crippen molar-refractivity contribution in [1.82, 2.24) is 9.66 Å². The normalized spacial score (nSPS) is 12.8. The van der Waals surface area contributed by atoms with Gasteiger partial charge in [0, 0.05) is 11.4 Å². The van der Waals surface area contributed by atoms with Crippen LogP contribution in [0.1, 0.15) is 39.9 Å². The lowest BCUT2D eigenvalue weighted by Gasteiger charge is -2.18. The van der Waals surface area contributed by atoms with E-state index in [1.807, 2.05) is 0 Å². The van der Waals surface area contributed by atoms with E-state index in [0.29, 0.717) is 0 Å². The van der Waals surface area contributed by atoms with Crippen molar-refractivity contribution >= 4 is 11.3 Å². The predicted molar refractivity (Wildman–Crippen MR) is 73.3 cm³/mol. The first-order valence-electron chi connectivity index (χ1n) is 5.84. The maximum absolute atomic E-state index is 4.48. The molecule has 4 heteroatoms. The molecular weight excluding hydrogens is 230 g/mol. The number of nitrogens with zero attached hydrogens (tertiary/aromatic N) is 2. The van der Waals surface area contributed by atoms with Gasteiger partial charge in [0.2, 0.25) is 0 Å². The van der Waals surface area contributed by atoms with Crippen LogP contribution < -0.4 is 5.43 Å². The highest BCUT2D eigenvalue weighted by atomic mass is 32.1. The van der Waals surface area contributed by atoms with E-state index < -0.39 is 0 Å². The Hall–Kier alpha value is -1.29. The monoisotopic (exact) mass is 249 g/mol. The maximum Gasteiger partial charge on any atom is 0.0900 e. The Morgan fingerprint density at radius 2 is 1.76 bits per heavy atom. The van der Waals surface area contributed by atoms with Gasteiger partial charge in [0.05, 0.1) is 21.6 Å². The molecule has 0 spiro atoms. The van der Waals surface area contributed by atoms with Gasteiger partial charge in [0.25, 0.3) is 0 Å². The zero-order chi connectivity index (χ0) is 12.6. The highest BCUT2D eigenvalue weighted by Gasteiger charge is 2.13. The number of thiazole rings is 1. The van der Waals surface area contributed by atoms with E-state index in [4.69, 9.17) is 0 Å². The summed E-state index contributed by atoms with van der Waals surface area (Å²) in [6, 6.07) is 4.53. The van der Waals surface area contributed by atoms with Gasteiger partial charge in [-0.15, -0.1) is 11.3 Å². The van der Waals surface area contributed by atoms with Crippen molar-refractivity contribution < 1.29 is 0 Å². The molecule has 17 heavy (non-hydrogen) atoms. The molecule has 0 aromatic carbocycles. The Morgan fingerprint density at radius 1 is 1.18 bits per heavy atom. The van der Waals surface area contributed by atoms with E-state index in [9.17, 15) is 0 Å². The summed E-state index contributed by atoms with van der Waals surface area (Å²) in [7, 11) is 0. The second-order valence-corrected chi connectivity index (χ2v) is 5.72. The van der Waals surface area contributed by atoms with Crippen molar-refractivity contribution in [3.8, 4) is 0 Å². The van der Waals surface area contributed by atoms with Gasteiger partial charge in [0.1, 0.15) is 0 Å². The Morgan fingerprint density at radius 3 is 2.24 bits per heavy atom. The molecule has 0 saturated carbocycles. The first-order valence-corrected chi connectivity index (χ1v) is 6.66. The fraction of sp³-hybridized carbons (Fsp3) is 0.462. The summed E-state index contributed by atoms with van der Waals surface area (Å²) < 4.78 is 2.14. The van der Waals surface area contributed by atoms with Crippen LogP contribution in [0.25, 0.3) is 0 Å². The minimum absolute atomic E-state index is 0.283. The minimum atomic E-state index is 0.283. The van der Waals surface area contributed by atoms with Crippen molar-refractivity contribution in [1.29, 1.82) is 0 Å². The average Bonchev–Trinajstić information content (AvgIpc) is 2.74. The number of aryl methyl sites for hydroxylation is 4. The van der Waals surface area contributed by atoms with E-state index in [2.05, 4.69) is 61.8 Å². The molecule has 1 unspecified atom stereocenters. The molecule has 1 N–H and O–H groups in total. The minimum Gasteiger partial charge on any atom is -0.318 e. The molecule has 2 aromatic heterocycles. The van der Waals surface area contributed by atoms with Crippen LogP contribution >= 0.6 is 11.3 Å². The van der Waals surface area contributed by atoms with Crippen LogP contribution in [0.3, 0.4) is 0 Å². The molecule has 0 radical (unpaired) electrons. The molecule has 1 atom stereocenters. The Kier molecular flexibility index (Phi) is 3.24. The topological polar surface area (TPSA) is 29.9 Å². The van der Waals surface area contributed by atoms with Crippen LogP contribution in [-0.4, -0.2) is 9.66 Å². The van der Waals surface area contributed by atoms with Crippen LogP contribution in [0, 0.1) is 27.7 Å². The summed E-state index contributed by atoms with van der Waals surface area (Å²) in [5.74, 6) is 0. The van der Waals surface area contributed by atoms with E-state index >= 15 is 0 Å². The molecule has 92 valence electrons. The van der Waals surface area contributed by atoms with Gasteiger partial charge < -0.3 is 5.43 Å². The summed E-state index contributed by atoms with van der Waals surface area (Å²) >= 11 is 1.77. The first-order chi connectivity index (χ1) is 7.99. The van der Waals surface area contributed by atoms with Crippen molar-refractivity contribution in [3.63, 3.8) is 0 Å². The SMILES string of the molecule is Cc1nc(C)c(C(C)Nn2c(C)ccc2C)s1. The van der Waals surface area contributed by atoms with Crippen molar-refractivity contribution in [2.45, 2.75) is 40.7 Å². The third-order valence-electron chi connectivity index (χ3n) is 2.93. The fourth-order valence-corrected chi connectivity index (χ4v) is 3.00. The third kappa shape index (κ3) is 2.36. The second kappa shape index (κ2) is 4.53. The molecule has 0 fully saturated rings. The Balaban J connectivity index is 2.22. The molecule has 0 aliphatic rings. The first kappa shape index (κ1) is 12.2. The highest BCUT2D eigenvalue weighted by molar-refractivity contribution is 7.11. The molecule has 0 saturated heterocycles. The molecular formula is C13H19N3S. The highest BCUT2D eigenvalue weighted by Crippen LogP contribution is 2.25. The average molecular weight is 249 g/mol. The lowest BCUT2D eigenvalue weighted by molar-refractivity contribution is 0.703. The standard InChI is InChI=1S/C13H19N3S/c1-8-6-7-9(2)16(8)15-11(4)13-10(3)14-12(5)17-13/h6-7,11,15H,1-5H3. The van der Waals surface area contributed by atoms with Crippen LogP contribution in [-0.2, 0) is 0 Å². The molecule has 3 nitrogen and oxygen atoms in total. The Bertz CT molecular complexity index is 505. The summed E-state index contributed by atoms with van der Waals surface area (Å²) in [6.45, 7) is 10.5. The molecule has 0 aliphatic heterocycles. The summed E-state index contributed by atoms with van der Waals surface area (Å²) in [5, 5.41) is 1.13. The van der Waals surface area contributed by atoms with Gasteiger partial charge >= 0.3 is 0 Å². The molecule has 0 aliphatic carbocycles. The predicted octanol–water partition coefficient (Wildman–Crippen LogP) is 3.48. The lowest BCUT2D eigenvalue weighted by atomic mass is 10.2. The van der Waals surface area contributed by atoms with Gasteiger partial charge in [0.15, 0.2) is 0 Å². The zero-order valence-corrected chi connectivity index (χ0v) is 11.9. The number of rotatable bonds is 3. The molecule has 2 aromatic rings. The van der Waals surface area contributed by atoms with Crippen molar-refractivity contribution in [2.24, 2.45) is 0 Å². The van der Waals surface area contributed by atoms with Crippen molar-refractivity contribution in [3.05, 3.63) is 39.1 Å². The van der Waals surface area contributed by atoms with E-state index in [1.54, 1.807) is 11.3 Å². The van der Waals surface area contributed by atoms with Crippen LogP contribution in [0.15, 0.2) is 12.1 Å². The van der Waals surface area contributed by atoms with Gasteiger partial charge in [-0.05, 0) is 46.8 Å². The van der Waals surface area contributed by atoms with Crippen LogP contribution in [0.2, 0.25) is 0 Å². The molecule has 2 heterocycles. The van der Waals surface area contributed by atoms with Gasteiger partial charge in [-0.1, -0.05) is 0 Å². The number of nitrogens with one attached hydrogen (secondary N) is 1. The largest absolute Gasteiger partial charge is 0.318 e. The molecule has 0 bridgehead atoms. The van der Waals surface area contributed by atoms with E-state index in [-0.39, 0.29) is 6.04 Å². The quantitative estimate of drug-likeness (QED) is 0.902. The van der Waals surface area contributed by atoms with Crippen LogP contribution in [0.5, 0.6) is 0 Å². The molecule has 0 amide bonds. The third-order valence-corrected chi connectivity index (χ3v) is 4.18. The van der Waals surface area contributed by atoms with Gasteiger partial charge in [-0.2, -0.15) is 0 Å². The number of aromatic nitrogens is 2. The van der Waals surface area contributed by atoms with E-state index in [1.165, 1.54) is 16.3 Å². The lowest BCUT2D eigenvalue weighted by Crippen LogP contribution is -2.20. The summed E-state index contributed by atoms with van der Waals surface area (Å²) in [5.41, 5.74) is 7.11. The summed E-state index contributed by atoms with van der Waals surface area (Å²) in [4.78, 5) is 5.79. The van der Waals surface area contributed by atoms with Gasteiger partial charge in [-0.3, -0.25) is 4.68 Å². The van der Waals surface area contributed by atoms with Gasteiger partial charge in [-0.25, -0.2) is 4.98 Å². The van der Waals surface area contributed by atoms with Crippen molar-refractivity contribution in [2.75, 3.05) is 5.43 Å². The maximum atomic E-state index is 4.48.